The number of aromatic hydroxyl groups is 1. The number of anilines is 2. The number of nitrogens with one attached hydrogen (secondary N) is 2. The predicted octanol–water partition coefficient (Wildman–Crippen LogP) is 6.03. The molecule has 0 saturated heterocycles. The van der Waals surface area contributed by atoms with Gasteiger partial charge in [0.25, 0.3) is 0 Å². The molecule has 32 heavy (non-hydrogen) atoms. The average Bonchev–Trinajstić information content (AvgIpc) is 2.97. The van der Waals surface area contributed by atoms with Crippen molar-refractivity contribution in [2.75, 3.05) is 17.7 Å². The van der Waals surface area contributed by atoms with Crippen LogP contribution in [-0.4, -0.2) is 18.0 Å². The normalized spacial score (nSPS) is 19.9. The SMILES string of the molecule is COc1ccc(C2CC(=O)C3=C(C2)Nc2ccccc2NC3c2cc(Cl)ccc2O)cc1. The molecule has 0 fully saturated rings. The van der Waals surface area contributed by atoms with Crippen molar-refractivity contribution in [3.8, 4) is 11.5 Å². The lowest BCUT2D eigenvalue weighted by Crippen LogP contribution is -2.27. The van der Waals surface area contributed by atoms with Crippen LogP contribution in [0.5, 0.6) is 11.5 Å². The third-order valence-corrected chi connectivity index (χ3v) is 6.43. The second-order valence-corrected chi connectivity index (χ2v) is 8.58. The Morgan fingerprint density at radius 3 is 2.50 bits per heavy atom. The van der Waals surface area contributed by atoms with E-state index >= 15 is 0 Å². The Bertz CT molecular complexity index is 1220. The van der Waals surface area contributed by atoms with Gasteiger partial charge in [0, 0.05) is 28.3 Å². The summed E-state index contributed by atoms with van der Waals surface area (Å²) in [5.74, 6) is 0.990. The molecule has 1 heterocycles. The summed E-state index contributed by atoms with van der Waals surface area (Å²) in [5, 5.41) is 18.1. The van der Waals surface area contributed by atoms with Crippen molar-refractivity contribution in [3.05, 3.63) is 94.1 Å². The number of phenolic OH excluding ortho intramolecular Hbond substituents is 1. The third kappa shape index (κ3) is 3.69. The predicted molar refractivity (Wildman–Crippen MR) is 127 cm³/mol. The van der Waals surface area contributed by atoms with Crippen LogP contribution in [-0.2, 0) is 4.79 Å². The van der Waals surface area contributed by atoms with Crippen LogP contribution in [0, 0.1) is 0 Å². The van der Waals surface area contributed by atoms with Gasteiger partial charge in [0.2, 0.25) is 0 Å². The number of benzene rings is 3. The lowest BCUT2D eigenvalue weighted by atomic mass is 9.78. The van der Waals surface area contributed by atoms with Gasteiger partial charge in [0.1, 0.15) is 11.5 Å². The zero-order valence-corrected chi connectivity index (χ0v) is 18.3. The van der Waals surface area contributed by atoms with Gasteiger partial charge in [-0.2, -0.15) is 0 Å². The molecule has 0 bridgehead atoms. The summed E-state index contributed by atoms with van der Waals surface area (Å²) in [6.45, 7) is 0. The van der Waals surface area contributed by atoms with E-state index in [0.29, 0.717) is 29.0 Å². The first-order valence-electron chi connectivity index (χ1n) is 10.5. The highest BCUT2D eigenvalue weighted by molar-refractivity contribution is 6.30. The summed E-state index contributed by atoms with van der Waals surface area (Å²) in [7, 11) is 1.64. The number of ether oxygens (including phenoxy) is 1. The number of hydrogen-bond donors (Lipinski definition) is 3. The number of ketones is 1. The fraction of sp³-hybridized carbons (Fsp3) is 0.192. The van der Waals surface area contributed by atoms with E-state index in [4.69, 9.17) is 16.3 Å². The van der Waals surface area contributed by atoms with Gasteiger partial charge in [-0.05, 0) is 60.4 Å². The minimum Gasteiger partial charge on any atom is -0.508 e. The van der Waals surface area contributed by atoms with E-state index in [1.54, 1.807) is 25.3 Å². The number of fused-ring (bicyclic) bond motifs is 1. The first-order chi connectivity index (χ1) is 15.5. The Hall–Kier alpha value is -3.44. The molecule has 0 radical (unpaired) electrons. The molecule has 3 aromatic rings. The number of allylic oxidation sites excluding steroid dienone is 1. The smallest absolute Gasteiger partial charge is 0.163 e. The largest absolute Gasteiger partial charge is 0.508 e. The number of phenols is 1. The Kier molecular flexibility index (Phi) is 5.27. The van der Waals surface area contributed by atoms with Crippen LogP contribution in [0.15, 0.2) is 78.0 Å². The molecule has 0 saturated carbocycles. The minimum absolute atomic E-state index is 0.0456. The summed E-state index contributed by atoms with van der Waals surface area (Å²) >= 11 is 6.25. The Labute approximate surface area is 191 Å². The molecule has 6 heteroatoms. The molecule has 162 valence electrons. The van der Waals surface area contributed by atoms with Crippen molar-refractivity contribution in [3.63, 3.8) is 0 Å². The molecule has 2 unspecified atom stereocenters. The van der Waals surface area contributed by atoms with Gasteiger partial charge in [0.15, 0.2) is 5.78 Å². The van der Waals surface area contributed by atoms with Gasteiger partial charge in [-0.3, -0.25) is 4.79 Å². The van der Waals surface area contributed by atoms with E-state index in [2.05, 4.69) is 10.6 Å². The number of carbonyl (C=O) groups is 1. The van der Waals surface area contributed by atoms with Gasteiger partial charge >= 0.3 is 0 Å². The first kappa shape index (κ1) is 20.5. The maximum atomic E-state index is 13.5. The molecule has 5 rings (SSSR count). The summed E-state index contributed by atoms with van der Waals surface area (Å²) < 4.78 is 5.27. The second-order valence-electron chi connectivity index (χ2n) is 8.14. The molecule has 2 aliphatic rings. The highest BCUT2D eigenvalue weighted by Gasteiger charge is 2.37. The van der Waals surface area contributed by atoms with Crippen LogP contribution in [0.1, 0.15) is 35.9 Å². The molecule has 0 aromatic heterocycles. The van der Waals surface area contributed by atoms with E-state index < -0.39 is 6.04 Å². The van der Waals surface area contributed by atoms with Gasteiger partial charge < -0.3 is 20.5 Å². The summed E-state index contributed by atoms with van der Waals surface area (Å²) in [6, 6.07) is 20.1. The van der Waals surface area contributed by atoms with Crippen molar-refractivity contribution in [2.45, 2.75) is 24.8 Å². The van der Waals surface area contributed by atoms with E-state index in [1.165, 1.54) is 0 Å². The van der Waals surface area contributed by atoms with Gasteiger partial charge in [-0.1, -0.05) is 35.9 Å². The molecular formula is C26H23ClN2O3. The Morgan fingerprint density at radius 1 is 1.00 bits per heavy atom. The van der Waals surface area contributed by atoms with Crippen LogP contribution >= 0.6 is 11.6 Å². The molecule has 0 spiro atoms. The minimum atomic E-state index is -0.510. The van der Waals surface area contributed by atoms with E-state index in [0.717, 1.165) is 28.4 Å². The maximum Gasteiger partial charge on any atom is 0.163 e. The fourth-order valence-corrected chi connectivity index (χ4v) is 4.77. The molecule has 3 aromatic carbocycles. The van der Waals surface area contributed by atoms with E-state index in [-0.39, 0.29) is 17.5 Å². The standard InChI is InChI=1S/C26H23ClN2O3/c1-32-18-9-6-15(7-10-18)16-12-22-25(24(31)13-16)26(19-14-17(27)8-11-23(19)30)29-21-5-3-2-4-20(21)28-22/h2-11,14,16,26,28-30H,12-13H2,1H3. The zero-order chi connectivity index (χ0) is 22.2. The number of halogens is 1. The van der Waals surface area contributed by atoms with Crippen molar-refractivity contribution in [2.24, 2.45) is 0 Å². The van der Waals surface area contributed by atoms with Crippen molar-refractivity contribution >= 4 is 28.8 Å². The quantitative estimate of drug-likeness (QED) is 0.458. The van der Waals surface area contributed by atoms with Crippen molar-refractivity contribution in [1.82, 2.24) is 0 Å². The highest BCUT2D eigenvalue weighted by Crippen LogP contribution is 2.46. The van der Waals surface area contributed by atoms with E-state index in [1.807, 2.05) is 48.5 Å². The molecule has 1 aliphatic carbocycles. The van der Waals surface area contributed by atoms with Crippen molar-refractivity contribution < 1.29 is 14.6 Å². The van der Waals surface area contributed by atoms with Crippen LogP contribution < -0.4 is 15.4 Å². The van der Waals surface area contributed by atoms with Crippen LogP contribution in [0.3, 0.4) is 0 Å². The highest BCUT2D eigenvalue weighted by atomic mass is 35.5. The zero-order valence-electron chi connectivity index (χ0n) is 17.6. The van der Waals surface area contributed by atoms with Gasteiger partial charge in [0.05, 0.1) is 24.5 Å². The molecule has 2 atom stereocenters. The number of Topliss-reactive ketones (excluding diaryl/α,β-unsaturated/α-hetero) is 1. The van der Waals surface area contributed by atoms with Crippen molar-refractivity contribution in [1.29, 1.82) is 0 Å². The van der Waals surface area contributed by atoms with E-state index in [9.17, 15) is 9.90 Å². The molecule has 1 aliphatic heterocycles. The lowest BCUT2D eigenvalue weighted by Gasteiger charge is -2.30. The number of methoxy groups -OCH3 is 1. The van der Waals surface area contributed by atoms with Crippen LogP contribution in [0.4, 0.5) is 11.4 Å². The molecule has 3 N–H and O–H groups in total. The number of para-hydroxylation sites is 2. The monoisotopic (exact) mass is 446 g/mol. The molecule has 5 nitrogen and oxygen atoms in total. The van der Waals surface area contributed by atoms with Crippen LogP contribution in [0.25, 0.3) is 0 Å². The Morgan fingerprint density at radius 2 is 1.75 bits per heavy atom. The van der Waals surface area contributed by atoms with Gasteiger partial charge in [-0.25, -0.2) is 0 Å². The average molecular weight is 447 g/mol. The second kappa shape index (κ2) is 8.24. The van der Waals surface area contributed by atoms with Crippen LogP contribution in [0.2, 0.25) is 5.02 Å². The first-order valence-corrected chi connectivity index (χ1v) is 10.9. The third-order valence-electron chi connectivity index (χ3n) is 6.20. The number of rotatable bonds is 3. The van der Waals surface area contributed by atoms with Gasteiger partial charge in [-0.15, -0.1) is 0 Å². The summed E-state index contributed by atoms with van der Waals surface area (Å²) in [5.41, 5.74) is 4.94. The molecule has 0 amide bonds. The number of carbonyl (C=O) groups excluding carboxylic acids is 1. The summed E-state index contributed by atoms with van der Waals surface area (Å²) in [6.07, 6.45) is 1.07. The maximum absolute atomic E-state index is 13.5. The topological polar surface area (TPSA) is 70.6 Å². The molecular weight excluding hydrogens is 424 g/mol. The fourth-order valence-electron chi connectivity index (χ4n) is 4.59. The number of hydrogen-bond acceptors (Lipinski definition) is 5. The lowest BCUT2D eigenvalue weighted by molar-refractivity contribution is -0.116. The summed E-state index contributed by atoms with van der Waals surface area (Å²) in [4.78, 5) is 13.5. The Balaban J connectivity index is 1.61.